The highest BCUT2D eigenvalue weighted by Crippen LogP contribution is 2.23. The molecule has 0 atom stereocenters. The van der Waals surface area contributed by atoms with Gasteiger partial charge in [0.2, 0.25) is 0 Å². The van der Waals surface area contributed by atoms with Gasteiger partial charge in [0, 0.05) is 17.6 Å². The van der Waals surface area contributed by atoms with Crippen LogP contribution in [0.2, 0.25) is 0 Å². The molecule has 3 aromatic rings. The van der Waals surface area contributed by atoms with E-state index in [1.165, 1.54) is 30.5 Å². The summed E-state index contributed by atoms with van der Waals surface area (Å²) in [5, 5.41) is 14.1. The lowest BCUT2D eigenvalue weighted by Gasteiger charge is -2.10. The molecule has 0 bridgehead atoms. The van der Waals surface area contributed by atoms with Crippen LogP contribution in [0.3, 0.4) is 0 Å². The molecular weight excluding hydrogens is 338 g/mol. The first-order chi connectivity index (χ1) is 12.6. The van der Waals surface area contributed by atoms with Crippen LogP contribution >= 0.6 is 0 Å². The molecule has 1 heterocycles. The predicted molar refractivity (Wildman–Crippen MR) is 93.0 cm³/mol. The van der Waals surface area contributed by atoms with Crippen molar-refractivity contribution < 1.29 is 13.6 Å². The molecule has 0 fully saturated rings. The Hall–Kier alpha value is -3.79. The zero-order valence-corrected chi connectivity index (χ0v) is 13.3. The fourth-order valence-corrected chi connectivity index (χ4v) is 2.26. The molecule has 0 saturated heterocycles. The second-order valence-electron chi connectivity index (χ2n) is 5.30. The van der Waals surface area contributed by atoms with Gasteiger partial charge >= 0.3 is 0 Å². The molecule has 2 N–H and O–H groups in total. The van der Waals surface area contributed by atoms with Crippen LogP contribution < -0.4 is 10.6 Å². The van der Waals surface area contributed by atoms with Crippen LogP contribution in [0.1, 0.15) is 16.1 Å². The lowest BCUT2D eigenvalue weighted by atomic mass is 10.2. The molecule has 0 aliphatic heterocycles. The van der Waals surface area contributed by atoms with Gasteiger partial charge in [-0.2, -0.15) is 5.26 Å². The molecule has 0 aliphatic carbocycles. The Labute approximate surface area is 147 Å². The quantitative estimate of drug-likeness (QED) is 0.738. The minimum Gasteiger partial charge on any atom is -0.351 e. The van der Waals surface area contributed by atoms with Crippen LogP contribution in [-0.2, 0) is 0 Å². The first-order valence-electron chi connectivity index (χ1n) is 7.55. The Kier molecular flexibility index (Phi) is 4.85. The number of carbonyl (C=O) groups is 1. The van der Waals surface area contributed by atoms with Crippen molar-refractivity contribution in [2.75, 3.05) is 10.6 Å². The van der Waals surface area contributed by atoms with E-state index < -0.39 is 17.5 Å². The Morgan fingerprint density at radius 1 is 1.00 bits per heavy atom. The van der Waals surface area contributed by atoms with Crippen LogP contribution in [0, 0.1) is 23.0 Å². The van der Waals surface area contributed by atoms with Gasteiger partial charge in [-0.05, 0) is 42.5 Å². The van der Waals surface area contributed by atoms with E-state index in [0.717, 1.165) is 12.1 Å². The number of nitrogens with one attached hydrogen (secondary N) is 2. The standard InChI is InChI=1S/C19H12F2N4O/c20-15-5-2-6-16(21)18(15)24-14-7-8-23-17(10-14)19(26)25-13-4-1-3-12(9-13)11-22/h1-10H,(H,23,24)(H,25,26). The summed E-state index contributed by atoms with van der Waals surface area (Å²) in [6.07, 6.45) is 1.35. The van der Waals surface area contributed by atoms with Gasteiger partial charge in [-0.1, -0.05) is 12.1 Å². The molecule has 26 heavy (non-hydrogen) atoms. The number of benzene rings is 2. The number of pyridine rings is 1. The molecule has 3 rings (SSSR count). The lowest BCUT2D eigenvalue weighted by Crippen LogP contribution is -2.14. The number of amides is 1. The summed E-state index contributed by atoms with van der Waals surface area (Å²) in [4.78, 5) is 16.3. The minimum atomic E-state index is -0.749. The van der Waals surface area contributed by atoms with Crippen LogP contribution in [0.25, 0.3) is 0 Å². The van der Waals surface area contributed by atoms with E-state index in [1.807, 2.05) is 6.07 Å². The number of hydrogen-bond donors (Lipinski definition) is 2. The van der Waals surface area contributed by atoms with E-state index in [4.69, 9.17) is 5.26 Å². The molecule has 0 radical (unpaired) electrons. The van der Waals surface area contributed by atoms with E-state index in [0.29, 0.717) is 16.9 Å². The number of carbonyl (C=O) groups excluding carboxylic acids is 1. The topological polar surface area (TPSA) is 77.8 Å². The van der Waals surface area contributed by atoms with Crippen molar-refractivity contribution in [1.82, 2.24) is 4.98 Å². The number of hydrogen-bond acceptors (Lipinski definition) is 4. The second kappa shape index (κ2) is 7.40. The Morgan fingerprint density at radius 3 is 2.46 bits per heavy atom. The SMILES string of the molecule is N#Cc1cccc(NC(=O)c2cc(Nc3c(F)cccc3F)ccn2)c1. The summed E-state index contributed by atoms with van der Waals surface area (Å²) in [6, 6.07) is 14.8. The maximum absolute atomic E-state index is 13.7. The van der Waals surface area contributed by atoms with Crippen LogP contribution in [0.15, 0.2) is 60.8 Å². The van der Waals surface area contributed by atoms with Gasteiger partial charge in [0.1, 0.15) is 23.0 Å². The summed E-state index contributed by atoms with van der Waals surface area (Å²) in [5.41, 5.74) is 0.886. The highest BCUT2D eigenvalue weighted by molar-refractivity contribution is 6.03. The number of rotatable bonds is 4. The van der Waals surface area contributed by atoms with Gasteiger partial charge in [0.15, 0.2) is 0 Å². The van der Waals surface area contributed by atoms with Crippen molar-refractivity contribution in [2.24, 2.45) is 0 Å². The molecule has 5 nitrogen and oxygen atoms in total. The molecule has 0 unspecified atom stereocenters. The first-order valence-corrected chi connectivity index (χ1v) is 7.55. The van der Waals surface area contributed by atoms with Gasteiger partial charge in [0.05, 0.1) is 11.6 Å². The highest BCUT2D eigenvalue weighted by Gasteiger charge is 2.12. The Morgan fingerprint density at radius 2 is 1.73 bits per heavy atom. The van der Waals surface area contributed by atoms with Crippen molar-refractivity contribution in [3.8, 4) is 6.07 Å². The molecular formula is C19H12F2N4O. The highest BCUT2D eigenvalue weighted by atomic mass is 19.1. The summed E-state index contributed by atoms with van der Waals surface area (Å²) < 4.78 is 27.5. The molecule has 0 saturated carbocycles. The Bertz CT molecular complexity index is 994. The van der Waals surface area contributed by atoms with Crippen LogP contribution in [0.4, 0.5) is 25.8 Å². The number of anilines is 3. The maximum Gasteiger partial charge on any atom is 0.274 e. The summed E-state index contributed by atoms with van der Waals surface area (Å²) in [6.45, 7) is 0. The zero-order valence-electron chi connectivity index (χ0n) is 13.3. The molecule has 1 amide bonds. The molecule has 2 aromatic carbocycles. The van der Waals surface area contributed by atoms with Crippen molar-refractivity contribution in [3.63, 3.8) is 0 Å². The van der Waals surface area contributed by atoms with E-state index in [1.54, 1.807) is 18.2 Å². The molecule has 128 valence electrons. The lowest BCUT2D eigenvalue weighted by molar-refractivity contribution is 0.102. The number of halogens is 2. The predicted octanol–water partition coefficient (Wildman–Crippen LogP) is 4.23. The molecule has 7 heteroatoms. The average Bonchev–Trinajstić information content (AvgIpc) is 2.65. The number of nitrogens with zero attached hydrogens (tertiary/aromatic N) is 2. The third kappa shape index (κ3) is 3.82. The molecule has 0 aliphatic rings. The van der Waals surface area contributed by atoms with Gasteiger partial charge in [-0.3, -0.25) is 9.78 Å². The third-order valence-corrected chi connectivity index (χ3v) is 3.47. The summed E-state index contributed by atoms with van der Waals surface area (Å²) in [7, 11) is 0. The monoisotopic (exact) mass is 350 g/mol. The average molecular weight is 350 g/mol. The number of aromatic nitrogens is 1. The fourth-order valence-electron chi connectivity index (χ4n) is 2.26. The normalized spacial score (nSPS) is 10.0. The van der Waals surface area contributed by atoms with Gasteiger partial charge < -0.3 is 10.6 Å². The zero-order chi connectivity index (χ0) is 18.5. The van der Waals surface area contributed by atoms with E-state index in [9.17, 15) is 13.6 Å². The largest absolute Gasteiger partial charge is 0.351 e. The second-order valence-corrected chi connectivity index (χ2v) is 5.30. The molecule has 1 aromatic heterocycles. The van der Waals surface area contributed by atoms with Crippen molar-refractivity contribution in [2.45, 2.75) is 0 Å². The summed E-state index contributed by atoms with van der Waals surface area (Å²) >= 11 is 0. The Balaban J connectivity index is 1.80. The van der Waals surface area contributed by atoms with E-state index in [-0.39, 0.29) is 11.4 Å². The van der Waals surface area contributed by atoms with Gasteiger partial charge in [-0.25, -0.2) is 8.78 Å². The summed E-state index contributed by atoms with van der Waals surface area (Å²) in [5.74, 6) is -2.01. The van der Waals surface area contributed by atoms with E-state index >= 15 is 0 Å². The van der Waals surface area contributed by atoms with E-state index in [2.05, 4.69) is 15.6 Å². The number of nitriles is 1. The minimum absolute atomic E-state index is 0.0501. The first kappa shape index (κ1) is 17.0. The maximum atomic E-state index is 13.7. The van der Waals surface area contributed by atoms with Crippen LogP contribution in [-0.4, -0.2) is 10.9 Å². The van der Waals surface area contributed by atoms with Crippen molar-refractivity contribution >= 4 is 23.0 Å². The third-order valence-electron chi connectivity index (χ3n) is 3.47. The molecule has 0 spiro atoms. The number of para-hydroxylation sites is 1. The smallest absolute Gasteiger partial charge is 0.274 e. The van der Waals surface area contributed by atoms with Gasteiger partial charge in [-0.15, -0.1) is 0 Å². The van der Waals surface area contributed by atoms with Crippen LogP contribution in [0.5, 0.6) is 0 Å². The van der Waals surface area contributed by atoms with Crippen molar-refractivity contribution in [3.05, 3.63) is 83.7 Å². The fraction of sp³-hybridized carbons (Fsp3) is 0. The van der Waals surface area contributed by atoms with Gasteiger partial charge in [0.25, 0.3) is 5.91 Å². The van der Waals surface area contributed by atoms with Crippen molar-refractivity contribution in [1.29, 1.82) is 5.26 Å².